The van der Waals surface area contributed by atoms with E-state index in [-0.39, 0.29) is 18.5 Å². The Bertz CT molecular complexity index is 929. The number of hydrogen-bond donors (Lipinski definition) is 3. The minimum atomic E-state index is 0.0501. The average Bonchev–Trinajstić information content (AvgIpc) is 2.82. The van der Waals surface area contributed by atoms with Crippen molar-refractivity contribution in [3.63, 3.8) is 0 Å². The van der Waals surface area contributed by atoms with Gasteiger partial charge in [0.05, 0.1) is 5.69 Å². The van der Waals surface area contributed by atoms with Crippen molar-refractivity contribution in [2.75, 3.05) is 57.1 Å². The molecule has 4 N–H and O–H groups in total. The number of thioether (sulfide) groups is 1. The van der Waals surface area contributed by atoms with E-state index in [9.17, 15) is 4.79 Å². The molecule has 1 aromatic carbocycles. The quantitative estimate of drug-likeness (QED) is 0.492. The molecule has 2 aromatic rings. The minimum Gasteiger partial charge on any atom is -0.368 e. The van der Waals surface area contributed by atoms with Crippen LogP contribution < -0.4 is 16.4 Å². The molecule has 0 radical (unpaired) electrons. The first-order chi connectivity index (χ1) is 15.9. The van der Waals surface area contributed by atoms with Gasteiger partial charge in [0.1, 0.15) is 5.82 Å². The van der Waals surface area contributed by atoms with Crippen LogP contribution in [0.15, 0.2) is 30.3 Å². The van der Waals surface area contributed by atoms with Crippen LogP contribution in [0.4, 0.5) is 5.82 Å². The van der Waals surface area contributed by atoms with E-state index >= 15 is 0 Å². The number of nitrogens with one attached hydrogen (secondary N) is 2. The summed E-state index contributed by atoms with van der Waals surface area (Å²) in [6.07, 6.45) is 0. The Balaban J connectivity index is 1.99. The summed E-state index contributed by atoms with van der Waals surface area (Å²) in [6, 6.07) is 10.5. The van der Waals surface area contributed by atoms with E-state index in [4.69, 9.17) is 10.7 Å². The molecule has 3 rings (SSSR count). The van der Waals surface area contributed by atoms with Gasteiger partial charge in [0.25, 0.3) is 5.91 Å². The van der Waals surface area contributed by atoms with E-state index in [1.54, 1.807) is 0 Å². The standard InChI is InChI=1S/C25H38N6OS/c1-18(2)28-24-22(16-26)21(25(32)31-10-12-33-13-11-31)15-23(29-24)20-7-5-6-19(14-20)17-30(4)9-8-27-3/h5-7,14-15,18,27H,8-13,16-17,26H2,1-4H3,(H,28,29). The summed E-state index contributed by atoms with van der Waals surface area (Å²) in [4.78, 5) is 22.7. The first kappa shape index (κ1) is 25.5. The molecule has 0 bridgehead atoms. The number of nitrogens with two attached hydrogens (primary N) is 1. The van der Waals surface area contributed by atoms with Gasteiger partial charge >= 0.3 is 0 Å². The van der Waals surface area contributed by atoms with Crippen molar-refractivity contribution >= 4 is 23.5 Å². The van der Waals surface area contributed by atoms with Crippen molar-refractivity contribution in [3.05, 3.63) is 47.0 Å². The summed E-state index contributed by atoms with van der Waals surface area (Å²) >= 11 is 1.89. The molecule has 1 aliphatic rings. The van der Waals surface area contributed by atoms with Crippen LogP contribution in [0.1, 0.15) is 35.3 Å². The van der Waals surface area contributed by atoms with E-state index in [0.717, 1.165) is 61.1 Å². The van der Waals surface area contributed by atoms with Crippen LogP contribution in [-0.2, 0) is 13.1 Å². The number of rotatable bonds is 10. The first-order valence-corrected chi connectivity index (χ1v) is 12.9. The highest BCUT2D eigenvalue weighted by molar-refractivity contribution is 7.99. The fraction of sp³-hybridized carbons (Fsp3) is 0.520. The van der Waals surface area contributed by atoms with Gasteiger partial charge in [-0.25, -0.2) is 4.98 Å². The molecule has 7 nitrogen and oxygen atoms in total. The number of carbonyl (C=O) groups excluding carboxylic acids is 1. The molecular weight excluding hydrogens is 432 g/mol. The van der Waals surface area contributed by atoms with E-state index in [2.05, 4.69) is 60.7 Å². The number of benzene rings is 1. The fourth-order valence-corrected chi connectivity index (χ4v) is 4.87. The zero-order valence-corrected chi connectivity index (χ0v) is 21.2. The van der Waals surface area contributed by atoms with Gasteiger partial charge in [0.2, 0.25) is 0 Å². The van der Waals surface area contributed by atoms with Gasteiger partial charge in [-0.05, 0) is 45.6 Å². The molecule has 1 saturated heterocycles. The van der Waals surface area contributed by atoms with Gasteiger partial charge in [-0.1, -0.05) is 18.2 Å². The maximum Gasteiger partial charge on any atom is 0.254 e. The van der Waals surface area contributed by atoms with Crippen LogP contribution in [0.5, 0.6) is 0 Å². The second kappa shape index (κ2) is 12.4. The molecule has 33 heavy (non-hydrogen) atoms. The van der Waals surface area contributed by atoms with Crippen LogP contribution in [0.3, 0.4) is 0 Å². The maximum atomic E-state index is 13.5. The lowest BCUT2D eigenvalue weighted by Gasteiger charge is -2.28. The molecule has 0 atom stereocenters. The van der Waals surface area contributed by atoms with Gasteiger partial charge in [-0.15, -0.1) is 0 Å². The Morgan fingerprint density at radius 3 is 2.70 bits per heavy atom. The van der Waals surface area contributed by atoms with Crippen molar-refractivity contribution in [3.8, 4) is 11.3 Å². The summed E-state index contributed by atoms with van der Waals surface area (Å²) in [7, 11) is 4.09. The maximum absolute atomic E-state index is 13.5. The van der Waals surface area contributed by atoms with Gasteiger partial charge in [-0.3, -0.25) is 4.79 Å². The zero-order valence-electron chi connectivity index (χ0n) is 20.4. The van der Waals surface area contributed by atoms with Crippen molar-refractivity contribution in [1.82, 2.24) is 20.1 Å². The number of anilines is 1. The monoisotopic (exact) mass is 470 g/mol. The van der Waals surface area contributed by atoms with Gasteiger partial charge in [0.15, 0.2) is 0 Å². The number of nitrogens with zero attached hydrogens (tertiary/aromatic N) is 3. The van der Waals surface area contributed by atoms with E-state index in [1.807, 2.05) is 29.8 Å². The molecule has 1 fully saturated rings. The van der Waals surface area contributed by atoms with Crippen molar-refractivity contribution in [1.29, 1.82) is 0 Å². The van der Waals surface area contributed by atoms with E-state index < -0.39 is 0 Å². The van der Waals surface area contributed by atoms with Crippen molar-refractivity contribution < 1.29 is 4.79 Å². The molecule has 180 valence electrons. The van der Waals surface area contributed by atoms with Crippen LogP contribution in [0.2, 0.25) is 0 Å². The molecule has 1 amide bonds. The van der Waals surface area contributed by atoms with E-state index in [0.29, 0.717) is 11.4 Å². The molecule has 0 unspecified atom stereocenters. The van der Waals surface area contributed by atoms with E-state index in [1.165, 1.54) is 5.56 Å². The normalized spacial score (nSPS) is 14.2. The third-order valence-electron chi connectivity index (χ3n) is 5.70. The molecule has 1 aliphatic heterocycles. The van der Waals surface area contributed by atoms with Crippen LogP contribution in [0, 0.1) is 0 Å². The Labute approximate surface area is 202 Å². The second-order valence-electron chi connectivity index (χ2n) is 8.83. The van der Waals surface area contributed by atoms with Crippen molar-refractivity contribution in [2.45, 2.75) is 33.0 Å². The molecule has 2 heterocycles. The number of pyridine rings is 1. The molecule has 8 heteroatoms. The fourth-order valence-electron chi connectivity index (χ4n) is 3.97. The van der Waals surface area contributed by atoms with Crippen LogP contribution in [0.25, 0.3) is 11.3 Å². The summed E-state index contributed by atoms with van der Waals surface area (Å²) in [5.74, 6) is 2.70. The van der Waals surface area contributed by atoms with Crippen molar-refractivity contribution in [2.24, 2.45) is 5.73 Å². The SMILES string of the molecule is CNCCN(C)Cc1cccc(-c2cc(C(=O)N3CCSCC3)c(CN)c(NC(C)C)n2)c1. The number of likely N-dealkylation sites (N-methyl/N-ethyl adjacent to an activating group) is 2. The van der Waals surface area contributed by atoms with Gasteiger partial charge in [0, 0.05) is 73.5 Å². The zero-order chi connectivity index (χ0) is 23.8. The largest absolute Gasteiger partial charge is 0.368 e. The third-order valence-corrected chi connectivity index (χ3v) is 6.64. The average molecular weight is 471 g/mol. The molecule has 0 spiro atoms. The lowest BCUT2D eigenvalue weighted by atomic mass is 10.0. The Kier molecular flexibility index (Phi) is 9.55. The predicted molar refractivity (Wildman–Crippen MR) is 140 cm³/mol. The highest BCUT2D eigenvalue weighted by Gasteiger charge is 2.24. The smallest absolute Gasteiger partial charge is 0.254 e. The molecular formula is C25H38N6OS. The highest BCUT2D eigenvalue weighted by Crippen LogP contribution is 2.28. The van der Waals surface area contributed by atoms with Gasteiger partial charge < -0.3 is 26.2 Å². The molecule has 0 aliphatic carbocycles. The lowest BCUT2D eigenvalue weighted by Crippen LogP contribution is -2.38. The highest BCUT2D eigenvalue weighted by atomic mass is 32.2. The number of amides is 1. The molecule has 1 aromatic heterocycles. The van der Waals surface area contributed by atoms with Crippen LogP contribution in [-0.4, -0.2) is 78.5 Å². The number of aromatic nitrogens is 1. The first-order valence-electron chi connectivity index (χ1n) is 11.7. The minimum absolute atomic E-state index is 0.0501. The summed E-state index contributed by atoms with van der Waals surface area (Å²) < 4.78 is 0. The summed E-state index contributed by atoms with van der Waals surface area (Å²) in [6.45, 7) is 8.72. The van der Waals surface area contributed by atoms with Gasteiger partial charge in [-0.2, -0.15) is 11.8 Å². The number of carbonyl (C=O) groups is 1. The predicted octanol–water partition coefficient (Wildman–Crippen LogP) is 2.87. The Morgan fingerprint density at radius 2 is 2.03 bits per heavy atom. The topological polar surface area (TPSA) is 86.5 Å². The second-order valence-corrected chi connectivity index (χ2v) is 10.1. The lowest BCUT2D eigenvalue weighted by molar-refractivity contribution is 0.0771. The van der Waals surface area contributed by atoms with Crippen LogP contribution >= 0.6 is 11.8 Å². The Morgan fingerprint density at radius 1 is 1.27 bits per heavy atom. The molecule has 0 saturated carbocycles. The summed E-state index contributed by atoms with van der Waals surface area (Å²) in [5.41, 5.74) is 10.6. The number of hydrogen-bond acceptors (Lipinski definition) is 7. The Hall–Kier alpha value is -2.13. The third kappa shape index (κ3) is 6.93. The summed E-state index contributed by atoms with van der Waals surface area (Å²) in [5, 5.41) is 6.61.